The van der Waals surface area contributed by atoms with Crippen molar-refractivity contribution >= 4 is 11.3 Å². The molecule has 90 valence electrons. The Bertz CT molecular complexity index is 329. The Kier molecular flexibility index (Phi) is 3.92. The lowest BCUT2D eigenvalue weighted by Gasteiger charge is -2.30. The fourth-order valence-electron chi connectivity index (χ4n) is 2.38. The van der Waals surface area contributed by atoms with Crippen molar-refractivity contribution in [1.29, 1.82) is 0 Å². The molecule has 0 atom stereocenters. The average Bonchev–Trinajstić information content (AvgIpc) is 2.77. The molecule has 1 heterocycles. The minimum absolute atomic E-state index is 0.313. The molecule has 0 spiro atoms. The second kappa shape index (κ2) is 5.23. The third-order valence-electron chi connectivity index (χ3n) is 3.53. The van der Waals surface area contributed by atoms with Gasteiger partial charge in [0.25, 0.3) is 0 Å². The summed E-state index contributed by atoms with van der Waals surface area (Å²) in [6.07, 6.45) is 7.66. The quantitative estimate of drug-likeness (QED) is 0.877. The third kappa shape index (κ3) is 2.61. The van der Waals surface area contributed by atoms with E-state index in [9.17, 15) is 0 Å². The van der Waals surface area contributed by atoms with Crippen LogP contribution in [0, 0.1) is 0 Å². The van der Waals surface area contributed by atoms with E-state index in [1.54, 1.807) is 0 Å². The molecule has 0 aromatic carbocycles. The highest BCUT2D eigenvalue weighted by molar-refractivity contribution is 7.11. The molecule has 0 unspecified atom stereocenters. The zero-order valence-corrected chi connectivity index (χ0v) is 11.1. The maximum absolute atomic E-state index is 4.41. The summed E-state index contributed by atoms with van der Waals surface area (Å²) in [5.41, 5.74) is 0.313. The molecule has 0 saturated heterocycles. The van der Waals surface area contributed by atoms with Gasteiger partial charge in [-0.1, -0.05) is 26.2 Å². The molecule has 1 aromatic heterocycles. The van der Waals surface area contributed by atoms with E-state index in [4.69, 9.17) is 0 Å². The lowest BCUT2D eigenvalue weighted by atomic mass is 9.76. The zero-order valence-electron chi connectivity index (χ0n) is 10.3. The minimum atomic E-state index is 0.313. The Labute approximate surface area is 102 Å². The van der Waals surface area contributed by atoms with Crippen molar-refractivity contribution in [2.24, 2.45) is 0 Å². The fraction of sp³-hybridized carbons (Fsp3) is 0.833. The number of likely N-dealkylation sites (N-methyl/N-ethyl adjacent to an activating group) is 1. The van der Waals surface area contributed by atoms with E-state index >= 15 is 0 Å². The van der Waals surface area contributed by atoms with Gasteiger partial charge in [0.05, 0.1) is 0 Å². The van der Waals surface area contributed by atoms with Crippen LogP contribution in [0.5, 0.6) is 0 Å². The standard InChI is InChI=1S/C12H21N3S/c1-12(7-4-3-5-8-12)11-15-14-10(16-11)6-9-13-2/h13H,3-9H2,1-2H3. The van der Waals surface area contributed by atoms with Crippen LogP contribution < -0.4 is 5.32 Å². The molecule has 4 heteroatoms. The van der Waals surface area contributed by atoms with Crippen LogP contribution in [0.3, 0.4) is 0 Å². The van der Waals surface area contributed by atoms with Gasteiger partial charge < -0.3 is 5.32 Å². The molecular formula is C12H21N3S. The Hall–Kier alpha value is -0.480. The molecule has 0 aliphatic heterocycles. The highest BCUT2D eigenvalue weighted by Crippen LogP contribution is 2.40. The Morgan fingerprint density at radius 1 is 1.25 bits per heavy atom. The predicted octanol–water partition coefficient (Wildman–Crippen LogP) is 2.52. The maximum atomic E-state index is 4.41. The van der Waals surface area contributed by atoms with Crippen LogP contribution in [0.4, 0.5) is 0 Å². The van der Waals surface area contributed by atoms with E-state index in [-0.39, 0.29) is 0 Å². The average molecular weight is 239 g/mol. The molecule has 1 aliphatic rings. The summed E-state index contributed by atoms with van der Waals surface area (Å²) >= 11 is 1.82. The lowest BCUT2D eigenvalue weighted by Crippen LogP contribution is -2.24. The molecule has 16 heavy (non-hydrogen) atoms. The van der Waals surface area contributed by atoms with Crippen molar-refractivity contribution in [3.8, 4) is 0 Å². The topological polar surface area (TPSA) is 37.8 Å². The van der Waals surface area contributed by atoms with E-state index in [2.05, 4.69) is 22.4 Å². The van der Waals surface area contributed by atoms with E-state index in [0.717, 1.165) is 13.0 Å². The highest BCUT2D eigenvalue weighted by atomic mass is 32.1. The van der Waals surface area contributed by atoms with Crippen molar-refractivity contribution in [3.05, 3.63) is 10.0 Å². The summed E-state index contributed by atoms with van der Waals surface area (Å²) in [5.74, 6) is 0. The molecule has 1 aromatic rings. The van der Waals surface area contributed by atoms with Crippen LogP contribution in [-0.4, -0.2) is 23.8 Å². The maximum Gasteiger partial charge on any atom is 0.123 e. The van der Waals surface area contributed by atoms with Gasteiger partial charge in [-0.05, 0) is 19.9 Å². The van der Waals surface area contributed by atoms with Gasteiger partial charge in [-0.3, -0.25) is 0 Å². The normalized spacial score (nSPS) is 19.9. The molecule has 2 rings (SSSR count). The highest BCUT2D eigenvalue weighted by Gasteiger charge is 2.32. The van der Waals surface area contributed by atoms with Crippen LogP contribution in [0.1, 0.15) is 49.0 Å². The van der Waals surface area contributed by atoms with Gasteiger partial charge in [0.1, 0.15) is 10.0 Å². The summed E-state index contributed by atoms with van der Waals surface area (Å²) in [6, 6.07) is 0. The first kappa shape index (κ1) is 12.0. The van der Waals surface area contributed by atoms with E-state index in [0.29, 0.717) is 5.41 Å². The number of nitrogens with zero attached hydrogens (tertiary/aromatic N) is 2. The van der Waals surface area contributed by atoms with Crippen molar-refractivity contribution < 1.29 is 0 Å². The molecule has 1 N–H and O–H groups in total. The van der Waals surface area contributed by atoms with Gasteiger partial charge in [-0.15, -0.1) is 21.5 Å². The summed E-state index contributed by atoms with van der Waals surface area (Å²) in [5, 5.41) is 14.3. The number of rotatable bonds is 4. The molecule has 1 fully saturated rings. The summed E-state index contributed by atoms with van der Waals surface area (Å²) in [7, 11) is 1.98. The number of hydrogen-bond donors (Lipinski definition) is 1. The number of aromatic nitrogens is 2. The van der Waals surface area contributed by atoms with Crippen molar-refractivity contribution in [2.45, 2.75) is 50.9 Å². The molecule has 0 bridgehead atoms. The second-order valence-electron chi connectivity index (χ2n) is 4.98. The Morgan fingerprint density at radius 3 is 2.69 bits per heavy atom. The largest absolute Gasteiger partial charge is 0.319 e. The summed E-state index contributed by atoms with van der Waals surface area (Å²) in [4.78, 5) is 0. The van der Waals surface area contributed by atoms with Crippen LogP contribution in [-0.2, 0) is 11.8 Å². The monoisotopic (exact) mass is 239 g/mol. The second-order valence-corrected chi connectivity index (χ2v) is 6.04. The fourth-order valence-corrected chi connectivity index (χ4v) is 3.42. The van der Waals surface area contributed by atoms with E-state index in [1.807, 2.05) is 18.4 Å². The first-order valence-electron chi connectivity index (χ1n) is 6.22. The van der Waals surface area contributed by atoms with Gasteiger partial charge in [-0.25, -0.2) is 0 Å². The van der Waals surface area contributed by atoms with Crippen LogP contribution >= 0.6 is 11.3 Å². The molecule has 1 saturated carbocycles. The van der Waals surface area contributed by atoms with Crippen molar-refractivity contribution in [2.75, 3.05) is 13.6 Å². The number of nitrogens with one attached hydrogen (secondary N) is 1. The van der Waals surface area contributed by atoms with Crippen LogP contribution in [0.2, 0.25) is 0 Å². The zero-order chi connectivity index (χ0) is 11.4. The third-order valence-corrected chi connectivity index (χ3v) is 4.82. The van der Waals surface area contributed by atoms with Crippen molar-refractivity contribution in [3.63, 3.8) is 0 Å². The molecular weight excluding hydrogens is 218 g/mol. The van der Waals surface area contributed by atoms with Crippen LogP contribution in [0.25, 0.3) is 0 Å². The smallest absolute Gasteiger partial charge is 0.123 e. The SMILES string of the molecule is CNCCc1nnc(C2(C)CCCCC2)s1. The van der Waals surface area contributed by atoms with Gasteiger partial charge in [0.2, 0.25) is 0 Å². The van der Waals surface area contributed by atoms with Crippen molar-refractivity contribution in [1.82, 2.24) is 15.5 Å². The van der Waals surface area contributed by atoms with Gasteiger partial charge >= 0.3 is 0 Å². The van der Waals surface area contributed by atoms with Crippen LogP contribution in [0.15, 0.2) is 0 Å². The predicted molar refractivity (Wildman–Crippen MR) is 68.0 cm³/mol. The lowest BCUT2D eigenvalue weighted by molar-refractivity contribution is 0.317. The molecule has 0 radical (unpaired) electrons. The first-order valence-corrected chi connectivity index (χ1v) is 7.04. The van der Waals surface area contributed by atoms with Gasteiger partial charge in [0, 0.05) is 18.4 Å². The van der Waals surface area contributed by atoms with Gasteiger partial charge in [-0.2, -0.15) is 0 Å². The molecule has 0 amide bonds. The summed E-state index contributed by atoms with van der Waals surface area (Å²) in [6.45, 7) is 3.35. The Balaban J connectivity index is 2.05. The van der Waals surface area contributed by atoms with E-state index < -0.39 is 0 Å². The first-order chi connectivity index (χ1) is 7.74. The summed E-state index contributed by atoms with van der Waals surface area (Å²) < 4.78 is 0. The minimum Gasteiger partial charge on any atom is -0.319 e. The Morgan fingerprint density at radius 2 is 2.00 bits per heavy atom. The molecule has 1 aliphatic carbocycles. The van der Waals surface area contributed by atoms with E-state index in [1.165, 1.54) is 42.1 Å². The molecule has 3 nitrogen and oxygen atoms in total. The number of hydrogen-bond acceptors (Lipinski definition) is 4. The van der Waals surface area contributed by atoms with Gasteiger partial charge in [0.15, 0.2) is 0 Å².